The number of halogens is 1. The first-order valence-electron chi connectivity index (χ1n) is 3.63. The molecule has 0 aromatic heterocycles. The summed E-state index contributed by atoms with van der Waals surface area (Å²) < 4.78 is 6.24. The Kier molecular flexibility index (Phi) is 2.28. The first-order chi connectivity index (χ1) is 5.79. The number of hydrogen-bond donors (Lipinski definition) is 0. The van der Waals surface area contributed by atoms with Gasteiger partial charge in [-0.2, -0.15) is 0 Å². The summed E-state index contributed by atoms with van der Waals surface area (Å²) in [7, 11) is 1.64. The minimum atomic E-state index is 0.442. The molecule has 0 saturated carbocycles. The molecular weight excluding hydrogens is 238 g/mol. The second-order valence-electron chi connectivity index (χ2n) is 2.62. The van der Waals surface area contributed by atoms with E-state index in [0.29, 0.717) is 11.2 Å². The molecule has 0 aliphatic carbocycles. The first-order valence-corrected chi connectivity index (χ1v) is 5.31. The molecule has 2 unspecified atom stereocenters. The fourth-order valence-electron chi connectivity index (χ4n) is 1.24. The number of nitrogens with zero attached hydrogens (tertiary/aromatic N) is 1. The maximum absolute atomic E-state index is 5.04. The molecule has 12 heavy (non-hydrogen) atoms. The normalized spacial score (nSPS) is 32.5. The second-order valence-corrected chi connectivity index (χ2v) is 5.22. The molecule has 0 aromatic rings. The Balaban J connectivity index is 2.21. The number of rotatable bonds is 1. The van der Waals surface area contributed by atoms with Gasteiger partial charge < -0.3 is 4.74 Å². The van der Waals surface area contributed by atoms with Crippen LogP contribution in [0.5, 0.6) is 0 Å². The Morgan fingerprint density at radius 3 is 3.17 bits per heavy atom. The van der Waals surface area contributed by atoms with Crippen LogP contribution in [0.4, 0.5) is 0 Å². The molecule has 2 aliphatic rings. The quantitative estimate of drug-likeness (QED) is 0.709. The van der Waals surface area contributed by atoms with Crippen LogP contribution in [-0.4, -0.2) is 18.6 Å². The molecule has 0 aromatic carbocycles. The van der Waals surface area contributed by atoms with Gasteiger partial charge in [0.25, 0.3) is 0 Å². The molecule has 2 rings (SSSR count). The molecule has 0 spiro atoms. The summed E-state index contributed by atoms with van der Waals surface area (Å²) in [5, 5.41) is 0.457. The van der Waals surface area contributed by atoms with Gasteiger partial charge in [-0.25, -0.2) is 4.99 Å². The molecule has 0 bridgehead atoms. The zero-order valence-electron chi connectivity index (χ0n) is 6.53. The zero-order chi connectivity index (χ0) is 8.55. The number of aliphatic imine (C=N–C) groups is 1. The Morgan fingerprint density at radius 1 is 1.58 bits per heavy atom. The van der Waals surface area contributed by atoms with Gasteiger partial charge in [-0.1, -0.05) is 6.08 Å². The van der Waals surface area contributed by atoms with E-state index < -0.39 is 0 Å². The van der Waals surface area contributed by atoms with E-state index in [1.165, 1.54) is 3.81 Å². The maximum Gasteiger partial charge on any atom is 0.209 e. The van der Waals surface area contributed by atoms with Gasteiger partial charge in [0.15, 0.2) is 0 Å². The highest BCUT2D eigenvalue weighted by Gasteiger charge is 2.27. The highest BCUT2D eigenvalue weighted by molar-refractivity contribution is 9.14. The Morgan fingerprint density at radius 2 is 2.42 bits per heavy atom. The van der Waals surface area contributed by atoms with E-state index in [-0.39, 0.29) is 0 Å². The van der Waals surface area contributed by atoms with Crippen LogP contribution in [0.2, 0.25) is 0 Å². The van der Waals surface area contributed by atoms with Gasteiger partial charge in [0.2, 0.25) is 5.88 Å². The fourth-order valence-corrected chi connectivity index (χ4v) is 3.13. The standard InChI is InChI=1S/C8H8BrNOS/c1-11-8-3-5-2-7(9)12-6(5)4-10-8/h2-6H,1H3. The molecular formula is C8H8BrNOS. The maximum atomic E-state index is 5.04. The molecule has 0 N–H and O–H groups in total. The Labute approximate surface area is 83.9 Å². The van der Waals surface area contributed by atoms with Crippen LogP contribution >= 0.6 is 27.7 Å². The van der Waals surface area contributed by atoms with Crippen molar-refractivity contribution in [2.24, 2.45) is 10.9 Å². The predicted octanol–water partition coefficient (Wildman–Crippen LogP) is 2.53. The van der Waals surface area contributed by atoms with Crippen LogP contribution in [0.1, 0.15) is 0 Å². The lowest BCUT2D eigenvalue weighted by Crippen LogP contribution is -2.15. The smallest absolute Gasteiger partial charge is 0.209 e. The van der Waals surface area contributed by atoms with Crippen LogP contribution in [0.25, 0.3) is 0 Å². The van der Waals surface area contributed by atoms with Crippen molar-refractivity contribution >= 4 is 33.9 Å². The molecule has 0 fully saturated rings. The van der Waals surface area contributed by atoms with Crippen molar-refractivity contribution in [1.82, 2.24) is 0 Å². The van der Waals surface area contributed by atoms with E-state index in [4.69, 9.17) is 4.74 Å². The van der Waals surface area contributed by atoms with Crippen molar-refractivity contribution in [2.75, 3.05) is 7.11 Å². The number of hydrogen-bond acceptors (Lipinski definition) is 3. The SMILES string of the molecule is COC1=CC2C=C(Br)SC2C=N1. The Bertz CT molecular complexity index is 285. The highest BCUT2D eigenvalue weighted by atomic mass is 79.9. The molecule has 2 nitrogen and oxygen atoms in total. The summed E-state index contributed by atoms with van der Waals surface area (Å²) in [4.78, 5) is 4.16. The van der Waals surface area contributed by atoms with Gasteiger partial charge in [0.1, 0.15) is 0 Å². The van der Waals surface area contributed by atoms with Gasteiger partial charge >= 0.3 is 0 Å². The summed E-state index contributed by atoms with van der Waals surface area (Å²) in [5.41, 5.74) is 0. The summed E-state index contributed by atoms with van der Waals surface area (Å²) >= 11 is 5.25. The van der Waals surface area contributed by atoms with Gasteiger partial charge in [-0.05, 0) is 22.0 Å². The lowest BCUT2D eigenvalue weighted by atomic mass is 10.1. The number of ether oxygens (including phenoxy) is 1. The molecule has 0 amide bonds. The summed E-state index contributed by atoms with van der Waals surface area (Å²) in [6.07, 6.45) is 6.17. The summed E-state index contributed by atoms with van der Waals surface area (Å²) in [5.74, 6) is 1.16. The molecule has 0 radical (unpaired) electrons. The van der Waals surface area contributed by atoms with Crippen molar-refractivity contribution in [3.63, 3.8) is 0 Å². The van der Waals surface area contributed by atoms with Crippen molar-refractivity contribution in [3.8, 4) is 0 Å². The van der Waals surface area contributed by atoms with Crippen molar-refractivity contribution in [3.05, 3.63) is 21.8 Å². The van der Waals surface area contributed by atoms with Crippen LogP contribution < -0.4 is 0 Å². The lowest BCUT2D eigenvalue weighted by Gasteiger charge is -2.15. The third-order valence-electron chi connectivity index (χ3n) is 1.84. The van der Waals surface area contributed by atoms with Crippen molar-refractivity contribution in [1.29, 1.82) is 0 Å². The van der Waals surface area contributed by atoms with E-state index in [9.17, 15) is 0 Å². The van der Waals surface area contributed by atoms with Crippen LogP contribution in [0.15, 0.2) is 26.8 Å². The van der Waals surface area contributed by atoms with Crippen LogP contribution in [0.3, 0.4) is 0 Å². The monoisotopic (exact) mass is 245 g/mol. The average molecular weight is 246 g/mol. The van der Waals surface area contributed by atoms with Crippen LogP contribution in [0, 0.1) is 5.92 Å². The largest absolute Gasteiger partial charge is 0.481 e. The minimum Gasteiger partial charge on any atom is -0.481 e. The average Bonchev–Trinajstić information content (AvgIpc) is 2.43. The van der Waals surface area contributed by atoms with E-state index in [1.54, 1.807) is 18.9 Å². The van der Waals surface area contributed by atoms with Gasteiger partial charge in [-0.3, -0.25) is 0 Å². The van der Waals surface area contributed by atoms with Crippen molar-refractivity contribution in [2.45, 2.75) is 5.25 Å². The molecule has 0 saturated heterocycles. The summed E-state index contributed by atoms with van der Waals surface area (Å²) in [6.45, 7) is 0. The number of thioether (sulfide) groups is 1. The summed E-state index contributed by atoms with van der Waals surface area (Å²) in [6, 6.07) is 0. The number of methoxy groups -OCH3 is 1. The van der Waals surface area contributed by atoms with Gasteiger partial charge in [0.05, 0.1) is 12.4 Å². The van der Waals surface area contributed by atoms with Crippen molar-refractivity contribution < 1.29 is 4.74 Å². The van der Waals surface area contributed by atoms with Crippen LogP contribution in [-0.2, 0) is 4.74 Å². The molecule has 2 atom stereocenters. The third kappa shape index (κ3) is 1.45. The first kappa shape index (κ1) is 8.38. The molecule has 64 valence electrons. The van der Waals surface area contributed by atoms with Gasteiger partial charge in [-0.15, -0.1) is 11.8 Å². The molecule has 4 heteroatoms. The van der Waals surface area contributed by atoms with E-state index >= 15 is 0 Å². The molecule has 2 heterocycles. The predicted molar refractivity (Wildman–Crippen MR) is 55.5 cm³/mol. The van der Waals surface area contributed by atoms with E-state index in [2.05, 4.69) is 27.0 Å². The topological polar surface area (TPSA) is 21.6 Å². The number of allylic oxidation sites excluding steroid dienone is 2. The fraction of sp³-hybridized carbons (Fsp3) is 0.375. The second kappa shape index (κ2) is 3.26. The van der Waals surface area contributed by atoms with E-state index in [0.717, 1.165) is 5.88 Å². The van der Waals surface area contributed by atoms with Gasteiger partial charge in [0, 0.05) is 15.9 Å². The minimum absolute atomic E-state index is 0.442. The number of fused-ring (bicyclic) bond motifs is 1. The molecule has 2 aliphatic heterocycles. The third-order valence-corrected chi connectivity index (χ3v) is 3.74. The zero-order valence-corrected chi connectivity index (χ0v) is 8.93. The lowest BCUT2D eigenvalue weighted by molar-refractivity contribution is 0.284. The Hall–Kier alpha value is -0.220. The highest BCUT2D eigenvalue weighted by Crippen LogP contribution is 2.41. The van der Waals surface area contributed by atoms with E-state index in [1.807, 2.05) is 12.3 Å².